The van der Waals surface area contributed by atoms with Crippen LogP contribution in [-0.4, -0.2) is 11.4 Å². The van der Waals surface area contributed by atoms with E-state index < -0.39 is 5.54 Å². The van der Waals surface area contributed by atoms with E-state index in [1.165, 1.54) is 15.3 Å². The van der Waals surface area contributed by atoms with Gasteiger partial charge in [-0.15, -0.1) is 11.3 Å². The highest BCUT2D eigenvalue weighted by Crippen LogP contribution is 2.20. The summed E-state index contributed by atoms with van der Waals surface area (Å²) in [6.45, 7) is 8.41. The highest BCUT2D eigenvalue weighted by atomic mass is 32.1. The second-order valence-electron chi connectivity index (χ2n) is 4.41. The van der Waals surface area contributed by atoms with Gasteiger partial charge in [0.2, 0.25) is 5.91 Å². The zero-order valence-corrected chi connectivity index (χ0v) is 11.2. The fraction of sp³-hybridized carbons (Fsp3) is 0.583. The van der Waals surface area contributed by atoms with Crippen molar-refractivity contribution in [1.82, 2.24) is 5.32 Å². The van der Waals surface area contributed by atoms with Gasteiger partial charge in [0.1, 0.15) is 0 Å². The molecule has 3 N–H and O–H groups in total. The molecule has 90 valence electrons. The first-order chi connectivity index (χ1) is 7.36. The monoisotopic (exact) mass is 240 g/mol. The molecule has 0 aromatic carbocycles. The van der Waals surface area contributed by atoms with Crippen molar-refractivity contribution in [2.75, 3.05) is 0 Å². The van der Waals surface area contributed by atoms with Crippen LogP contribution in [0.4, 0.5) is 0 Å². The van der Waals surface area contributed by atoms with E-state index in [0.717, 1.165) is 0 Å². The van der Waals surface area contributed by atoms with Crippen LogP contribution >= 0.6 is 11.3 Å². The number of carbonyl (C=O) groups excluding carboxylic acids is 1. The minimum absolute atomic E-state index is 0.0845. The highest BCUT2D eigenvalue weighted by Gasteiger charge is 2.25. The van der Waals surface area contributed by atoms with Crippen LogP contribution in [0.5, 0.6) is 0 Å². The van der Waals surface area contributed by atoms with Crippen molar-refractivity contribution in [1.29, 1.82) is 0 Å². The van der Waals surface area contributed by atoms with Gasteiger partial charge in [-0.3, -0.25) is 4.79 Å². The number of nitrogens with two attached hydrogens (primary N) is 1. The summed E-state index contributed by atoms with van der Waals surface area (Å²) in [5.74, 6) is -0.0845. The van der Waals surface area contributed by atoms with Crippen molar-refractivity contribution in [2.24, 2.45) is 5.73 Å². The van der Waals surface area contributed by atoms with Crippen LogP contribution in [0.2, 0.25) is 0 Å². The second-order valence-corrected chi connectivity index (χ2v) is 5.75. The summed E-state index contributed by atoms with van der Waals surface area (Å²) in [6, 6.07) is 2.11. The van der Waals surface area contributed by atoms with Gasteiger partial charge in [0.05, 0.1) is 12.1 Å². The molecule has 0 fully saturated rings. The van der Waals surface area contributed by atoms with Gasteiger partial charge in [-0.2, -0.15) is 0 Å². The zero-order valence-electron chi connectivity index (χ0n) is 10.4. The van der Waals surface area contributed by atoms with Gasteiger partial charge in [0.25, 0.3) is 0 Å². The van der Waals surface area contributed by atoms with Gasteiger partial charge >= 0.3 is 0 Å². The van der Waals surface area contributed by atoms with E-state index in [1.54, 1.807) is 18.3 Å². The number of amides is 1. The number of hydrogen-bond acceptors (Lipinski definition) is 3. The number of hydrogen-bond donors (Lipinski definition) is 2. The van der Waals surface area contributed by atoms with Crippen molar-refractivity contribution in [3.8, 4) is 0 Å². The Labute approximate surface area is 101 Å². The Morgan fingerprint density at radius 1 is 1.56 bits per heavy atom. The summed E-state index contributed by atoms with van der Waals surface area (Å²) in [4.78, 5) is 14.2. The summed E-state index contributed by atoms with van der Waals surface area (Å²) in [7, 11) is 0. The average molecular weight is 240 g/mol. The molecule has 16 heavy (non-hydrogen) atoms. The minimum Gasteiger partial charge on any atom is -0.350 e. The lowest BCUT2D eigenvalue weighted by Gasteiger charge is -2.21. The van der Waals surface area contributed by atoms with Crippen LogP contribution in [-0.2, 0) is 11.3 Å². The third-order valence-corrected chi connectivity index (χ3v) is 4.05. The van der Waals surface area contributed by atoms with Gasteiger partial charge in [-0.1, -0.05) is 6.92 Å². The molecule has 0 aliphatic heterocycles. The lowest BCUT2D eigenvalue weighted by atomic mass is 10.00. The molecule has 0 spiro atoms. The Balaban J connectivity index is 2.55. The molecule has 1 atom stereocenters. The number of carbonyl (C=O) groups is 1. The van der Waals surface area contributed by atoms with Crippen molar-refractivity contribution >= 4 is 17.2 Å². The number of thiophene rings is 1. The topological polar surface area (TPSA) is 55.1 Å². The molecule has 0 aliphatic rings. The van der Waals surface area contributed by atoms with Crippen LogP contribution < -0.4 is 11.1 Å². The Morgan fingerprint density at radius 3 is 2.62 bits per heavy atom. The SMILES string of the molecule is CCC(C)(N)C(=O)NCc1cc(C)c(C)s1. The lowest BCUT2D eigenvalue weighted by molar-refractivity contribution is -0.126. The van der Waals surface area contributed by atoms with Gasteiger partial charge in [0.15, 0.2) is 0 Å². The Hall–Kier alpha value is -0.870. The van der Waals surface area contributed by atoms with Crippen LogP contribution in [0, 0.1) is 13.8 Å². The van der Waals surface area contributed by atoms with E-state index in [1.807, 2.05) is 6.92 Å². The van der Waals surface area contributed by atoms with Crippen molar-refractivity contribution in [3.05, 3.63) is 21.4 Å². The molecule has 1 unspecified atom stereocenters. The number of rotatable bonds is 4. The third kappa shape index (κ3) is 3.06. The molecular weight excluding hydrogens is 220 g/mol. The predicted molar refractivity (Wildman–Crippen MR) is 68.5 cm³/mol. The largest absolute Gasteiger partial charge is 0.350 e. The maximum atomic E-state index is 11.7. The standard InChI is InChI=1S/C12H20N2OS/c1-5-12(4,13)11(15)14-7-10-6-8(2)9(3)16-10/h6H,5,7,13H2,1-4H3,(H,14,15). The van der Waals surface area contributed by atoms with Crippen molar-refractivity contribution in [3.63, 3.8) is 0 Å². The van der Waals surface area contributed by atoms with E-state index in [9.17, 15) is 4.79 Å². The second kappa shape index (κ2) is 4.97. The molecule has 0 radical (unpaired) electrons. The normalized spacial score (nSPS) is 14.6. The highest BCUT2D eigenvalue weighted by molar-refractivity contribution is 7.12. The number of nitrogens with one attached hydrogen (secondary N) is 1. The Kier molecular flexibility index (Phi) is 4.10. The summed E-state index contributed by atoms with van der Waals surface area (Å²) in [5.41, 5.74) is 6.37. The van der Waals surface area contributed by atoms with E-state index in [0.29, 0.717) is 13.0 Å². The summed E-state index contributed by atoms with van der Waals surface area (Å²) in [6.07, 6.45) is 0.640. The van der Waals surface area contributed by atoms with Crippen LogP contribution in [0.15, 0.2) is 6.07 Å². The molecule has 1 aromatic rings. The molecule has 1 aromatic heterocycles. The third-order valence-electron chi connectivity index (χ3n) is 2.89. The summed E-state index contributed by atoms with van der Waals surface area (Å²) in [5, 5.41) is 2.88. The molecular formula is C12H20N2OS. The Morgan fingerprint density at radius 2 is 2.19 bits per heavy atom. The molecule has 1 amide bonds. The molecule has 0 saturated heterocycles. The van der Waals surface area contributed by atoms with Crippen LogP contribution in [0.25, 0.3) is 0 Å². The fourth-order valence-corrected chi connectivity index (χ4v) is 2.26. The van der Waals surface area contributed by atoms with Crippen LogP contribution in [0.3, 0.4) is 0 Å². The fourth-order valence-electron chi connectivity index (χ4n) is 1.27. The predicted octanol–water partition coefficient (Wildman–Crippen LogP) is 2.11. The van der Waals surface area contributed by atoms with Gasteiger partial charge in [0, 0.05) is 9.75 Å². The molecule has 4 heteroatoms. The first kappa shape index (κ1) is 13.2. The van der Waals surface area contributed by atoms with Gasteiger partial charge < -0.3 is 11.1 Å². The molecule has 1 rings (SSSR count). The first-order valence-corrected chi connectivity index (χ1v) is 6.31. The summed E-state index contributed by atoms with van der Waals surface area (Å²) >= 11 is 1.72. The van der Waals surface area contributed by atoms with Crippen molar-refractivity contribution in [2.45, 2.75) is 46.2 Å². The van der Waals surface area contributed by atoms with E-state index in [2.05, 4.69) is 25.2 Å². The maximum absolute atomic E-state index is 11.7. The van der Waals surface area contributed by atoms with E-state index >= 15 is 0 Å². The average Bonchev–Trinajstić information content (AvgIpc) is 2.55. The van der Waals surface area contributed by atoms with Crippen LogP contribution in [0.1, 0.15) is 35.6 Å². The van der Waals surface area contributed by atoms with Gasteiger partial charge in [-0.25, -0.2) is 0 Å². The summed E-state index contributed by atoms with van der Waals surface area (Å²) < 4.78 is 0. The first-order valence-electron chi connectivity index (χ1n) is 5.50. The quantitative estimate of drug-likeness (QED) is 0.847. The maximum Gasteiger partial charge on any atom is 0.240 e. The van der Waals surface area contributed by atoms with E-state index in [-0.39, 0.29) is 5.91 Å². The molecule has 3 nitrogen and oxygen atoms in total. The lowest BCUT2D eigenvalue weighted by Crippen LogP contribution is -2.50. The zero-order chi connectivity index (χ0) is 12.3. The molecule has 0 aliphatic carbocycles. The number of aryl methyl sites for hydroxylation is 2. The Bertz CT molecular complexity index is 363. The smallest absolute Gasteiger partial charge is 0.240 e. The molecule has 1 heterocycles. The van der Waals surface area contributed by atoms with E-state index in [4.69, 9.17) is 5.73 Å². The molecule has 0 saturated carbocycles. The van der Waals surface area contributed by atoms with Crippen molar-refractivity contribution < 1.29 is 4.79 Å². The van der Waals surface area contributed by atoms with Gasteiger partial charge in [-0.05, 0) is 38.8 Å². The minimum atomic E-state index is -0.763. The molecule has 0 bridgehead atoms.